The maximum absolute atomic E-state index is 5.18. The molecule has 0 heterocycles. The SMILES string of the molecule is C(=Nc1ccccc1P(c1ccccc1)c1ccccc1)c1ccccc1P(c1ccccc1)c1ccccc1. The van der Waals surface area contributed by atoms with Crippen LogP contribution >= 0.6 is 15.8 Å². The predicted octanol–water partition coefficient (Wildman–Crippen LogP) is 6.95. The summed E-state index contributed by atoms with van der Waals surface area (Å²) in [5.74, 6) is 0. The Balaban J connectivity index is 1.44. The number of aliphatic imine (C=N–C) groups is 1. The van der Waals surface area contributed by atoms with Crippen LogP contribution in [0.1, 0.15) is 5.56 Å². The van der Waals surface area contributed by atoms with Crippen LogP contribution in [0, 0.1) is 0 Å². The number of hydrogen-bond donors (Lipinski definition) is 0. The van der Waals surface area contributed by atoms with E-state index in [0.29, 0.717) is 0 Å². The molecular weight excluding hydrogens is 520 g/mol. The molecule has 6 rings (SSSR count). The van der Waals surface area contributed by atoms with Gasteiger partial charge in [-0.25, -0.2) is 0 Å². The summed E-state index contributed by atoms with van der Waals surface area (Å²) in [6.07, 6.45) is 2.07. The van der Waals surface area contributed by atoms with Crippen molar-refractivity contribution in [1.29, 1.82) is 0 Å². The lowest BCUT2D eigenvalue weighted by Crippen LogP contribution is -2.23. The van der Waals surface area contributed by atoms with Crippen molar-refractivity contribution in [2.45, 2.75) is 0 Å². The van der Waals surface area contributed by atoms with E-state index in [1.54, 1.807) is 0 Å². The van der Waals surface area contributed by atoms with Crippen LogP contribution in [0.5, 0.6) is 0 Å². The standard InChI is InChI=1S/C37H29NP2/c1-5-18-31(19-6-1)39(32-20-7-2-8-21-32)36-27-15-13-17-30(36)29-38-35-26-14-16-28-37(35)40(33-22-9-3-10-23-33)34-24-11-4-12-25-34/h1-29H. The molecule has 6 aromatic carbocycles. The quantitative estimate of drug-likeness (QED) is 0.144. The minimum atomic E-state index is -0.749. The van der Waals surface area contributed by atoms with E-state index in [-0.39, 0.29) is 0 Å². The fourth-order valence-electron chi connectivity index (χ4n) is 4.86. The molecule has 0 saturated carbocycles. The van der Waals surface area contributed by atoms with Crippen molar-refractivity contribution in [3.63, 3.8) is 0 Å². The van der Waals surface area contributed by atoms with E-state index in [9.17, 15) is 0 Å². The van der Waals surface area contributed by atoms with E-state index in [1.807, 2.05) is 0 Å². The van der Waals surface area contributed by atoms with Crippen LogP contribution in [-0.2, 0) is 0 Å². The molecule has 0 N–H and O–H groups in total. The average Bonchev–Trinajstić information content (AvgIpc) is 3.04. The van der Waals surface area contributed by atoms with Gasteiger partial charge in [0.05, 0.1) is 5.69 Å². The summed E-state index contributed by atoms with van der Waals surface area (Å²) in [5.41, 5.74) is 2.17. The van der Waals surface area contributed by atoms with E-state index in [0.717, 1.165) is 11.3 Å². The molecule has 0 aliphatic rings. The molecule has 0 saturated heterocycles. The Morgan fingerprint density at radius 3 is 1.18 bits per heavy atom. The maximum Gasteiger partial charge on any atom is 0.0713 e. The molecule has 0 fully saturated rings. The van der Waals surface area contributed by atoms with Crippen molar-refractivity contribution in [2.24, 2.45) is 4.99 Å². The summed E-state index contributed by atoms with van der Waals surface area (Å²) >= 11 is 0. The molecule has 0 unspecified atom stereocenters. The molecule has 0 aliphatic heterocycles. The minimum absolute atomic E-state index is 0.727. The summed E-state index contributed by atoms with van der Waals surface area (Å²) in [5, 5.41) is 7.89. The molecule has 40 heavy (non-hydrogen) atoms. The Morgan fingerprint density at radius 1 is 0.350 bits per heavy atom. The van der Waals surface area contributed by atoms with Gasteiger partial charge in [0.2, 0.25) is 0 Å². The fraction of sp³-hybridized carbons (Fsp3) is 0. The lowest BCUT2D eigenvalue weighted by Gasteiger charge is -2.22. The zero-order valence-electron chi connectivity index (χ0n) is 22.1. The fourth-order valence-corrected chi connectivity index (χ4v) is 9.68. The first-order valence-electron chi connectivity index (χ1n) is 13.4. The van der Waals surface area contributed by atoms with Crippen molar-refractivity contribution in [2.75, 3.05) is 0 Å². The molecule has 0 amide bonds. The van der Waals surface area contributed by atoms with Crippen LogP contribution < -0.4 is 31.8 Å². The normalized spacial score (nSPS) is 11.3. The zero-order chi connectivity index (χ0) is 27.0. The van der Waals surface area contributed by atoms with Crippen molar-refractivity contribution in [3.05, 3.63) is 175 Å². The molecule has 0 aliphatic carbocycles. The highest BCUT2D eigenvalue weighted by Gasteiger charge is 2.20. The third kappa shape index (κ3) is 5.88. The second-order valence-electron chi connectivity index (χ2n) is 9.32. The van der Waals surface area contributed by atoms with Crippen LogP contribution in [0.2, 0.25) is 0 Å². The zero-order valence-corrected chi connectivity index (χ0v) is 23.9. The second kappa shape index (κ2) is 12.8. The third-order valence-corrected chi connectivity index (χ3v) is 11.7. The summed E-state index contributed by atoms with van der Waals surface area (Å²) in [6.45, 7) is 0. The van der Waals surface area contributed by atoms with Gasteiger partial charge in [-0.05, 0) is 48.4 Å². The van der Waals surface area contributed by atoms with Crippen molar-refractivity contribution in [3.8, 4) is 0 Å². The highest BCUT2D eigenvalue weighted by Crippen LogP contribution is 2.37. The van der Waals surface area contributed by atoms with Gasteiger partial charge in [-0.1, -0.05) is 164 Å². The Labute approximate surface area is 239 Å². The first kappa shape index (κ1) is 26.1. The molecule has 3 heteroatoms. The van der Waals surface area contributed by atoms with Crippen LogP contribution in [0.4, 0.5) is 5.69 Å². The maximum atomic E-state index is 5.18. The molecule has 0 radical (unpaired) electrons. The second-order valence-corrected chi connectivity index (χ2v) is 13.7. The molecule has 0 aromatic heterocycles. The first-order chi connectivity index (χ1) is 19.9. The van der Waals surface area contributed by atoms with E-state index >= 15 is 0 Å². The summed E-state index contributed by atoms with van der Waals surface area (Å²) in [7, 11) is -1.48. The number of hydrogen-bond acceptors (Lipinski definition) is 1. The first-order valence-corrected chi connectivity index (χ1v) is 16.1. The molecule has 192 valence electrons. The van der Waals surface area contributed by atoms with Crippen molar-refractivity contribution < 1.29 is 0 Å². The van der Waals surface area contributed by atoms with Crippen molar-refractivity contribution >= 4 is 59.6 Å². The Morgan fingerprint density at radius 2 is 0.700 bits per heavy atom. The highest BCUT2D eigenvalue weighted by atomic mass is 31.1. The third-order valence-electron chi connectivity index (χ3n) is 6.70. The summed E-state index contributed by atoms with van der Waals surface area (Å²) in [6, 6.07) is 60.7. The largest absolute Gasteiger partial charge is 0.256 e. The van der Waals surface area contributed by atoms with E-state index in [1.165, 1.54) is 31.8 Å². The summed E-state index contributed by atoms with van der Waals surface area (Å²) < 4.78 is 0. The number of benzene rings is 6. The van der Waals surface area contributed by atoms with E-state index in [4.69, 9.17) is 4.99 Å². The highest BCUT2D eigenvalue weighted by molar-refractivity contribution is 7.80. The number of rotatable bonds is 8. The van der Waals surface area contributed by atoms with Gasteiger partial charge in [0.25, 0.3) is 0 Å². The van der Waals surface area contributed by atoms with E-state index < -0.39 is 15.8 Å². The predicted molar refractivity (Wildman–Crippen MR) is 178 cm³/mol. The van der Waals surface area contributed by atoms with Gasteiger partial charge in [0.15, 0.2) is 0 Å². The monoisotopic (exact) mass is 549 g/mol. The Hall–Kier alpha value is -4.15. The van der Waals surface area contributed by atoms with Gasteiger partial charge in [-0.3, -0.25) is 4.99 Å². The molecular formula is C37H29NP2. The molecule has 0 spiro atoms. The average molecular weight is 550 g/mol. The lowest BCUT2D eigenvalue weighted by molar-refractivity contribution is 1.56. The smallest absolute Gasteiger partial charge is 0.0713 e. The molecule has 1 nitrogen and oxygen atoms in total. The van der Waals surface area contributed by atoms with Crippen LogP contribution in [0.25, 0.3) is 0 Å². The van der Waals surface area contributed by atoms with Gasteiger partial charge in [0.1, 0.15) is 0 Å². The van der Waals surface area contributed by atoms with Gasteiger partial charge in [0, 0.05) is 17.1 Å². The topological polar surface area (TPSA) is 12.4 Å². The molecule has 6 aromatic rings. The van der Waals surface area contributed by atoms with Crippen LogP contribution in [0.3, 0.4) is 0 Å². The van der Waals surface area contributed by atoms with Gasteiger partial charge < -0.3 is 0 Å². The molecule has 0 bridgehead atoms. The van der Waals surface area contributed by atoms with Crippen LogP contribution in [0.15, 0.2) is 175 Å². The lowest BCUT2D eigenvalue weighted by atomic mass is 10.2. The van der Waals surface area contributed by atoms with Gasteiger partial charge in [-0.15, -0.1) is 0 Å². The van der Waals surface area contributed by atoms with Crippen LogP contribution in [-0.4, -0.2) is 6.21 Å². The van der Waals surface area contributed by atoms with Gasteiger partial charge in [-0.2, -0.15) is 0 Å². The Bertz CT molecular complexity index is 1480. The van der Waals surface area contributed by atoms with Crippen molar-refractivity contribution in [1.82, 2.24) is 0 Å². The Kier molecular flexibility index (Phi) is 8.35. The summed E-state index contributed by atoms with van der Waals surface area (Å²) in [4.78, 5) is 5.18. The van der Waals surface area contributed by atoms with E-state index in [2.05, 4.69) is 176 Å². The number of para-hydroxylation sites is 1. The minimum Gasteiger partial charge on any atom is -0.256 e. The molecule has 0 atom stereocenters. The number of nitrogens with zero attached hydrogens (tertiary/aromatic N) is 1. The van der Waals surface area contributed by atoms with Gasteiger partial charge >= 0.3 is 0 Å².